The molecule has 2 amide bonds. The third-order valence-electron chi connectivity index (χ3n) is 5.64. The van der Waals surface area contributed by atoms with Crippen molar-refractivity contribution in [3.63, 3.8) is 0 Å². The number of benzene rings is 2. The molecule has 0 aliphatic carbocycles. The van der Waals surface area contributed by atoms with Gasteiger partial charge in [-0.3, -0.25) is 28.4 Å². The van der Waals surface area contributed by atoms with Crippen LogP contribution in [0, 0.1) is 0 Å². The van der Waals surface area contributed by atoms with Gasteiger partial charge in [0, 0.05) is 26.2 Å². The highest BCUT2D eigenvalue weighted by Crippen LogP contribution is 2.28. The minimum absolute atomic E-state index is 0.0651. The molecular formula is C23H16F3N5O6. The molecule has 5 rings (SSSR count). The van der Waals surface area contributed by atoms with E-state index < -0.39 is 35.2 Å². The highest BCUT2D eigenvalue weighted by molar-refractivity contribution is 6.21. The summed E-state index contributed by atoms with van der Waals surface area (Å²) in [5.41, 5.74) is -1.25. The average molecular weight is 515 g/mol. The molecule has 0 saturated carbocycles. The van der Waals surface area contributed by atoms with Crippen molar-refractivity contribution in [3.8, 4) is 17.5 Å². The van der Waals surface area contributed by atoms with Crippen LogP contribution in [0.5, 0.6) is 17.5 Å². The SMILES string of the molecule is Cn1c(=O)n(CCN2C(=O)c3ccccc3C2=O)c(=O)c2[nH]c(Oc3cccc(OC(F)(F)F)c3)nc21. The molecule has 0 bridgehead atoms. The van der Waals surface area contributed by atoms with Crippen LogP contribution in [0.25, 0.3) is 11.2 Å². The highest BCUT2D eigenvalue weighted by Gasteiger charge is 2.35. The number of carbonyl (C=O) groups is 2. The smallest absolute Gasteiger partial charge is 0.425 e. The van der Waals surface area contributed by atoms with Crippen LogP contribution in [0.2, 0.25) is 0 Å². The number of amides is 2. The first-order valence-corrected chi connectivity index (χ1v) is 10.7. The number of aromatic nitrogens is 4. The summed E-state index contributed by atoms with van der Waals surface area (Å²) >= 11 is 0. The largest absolute Gasteiger partial charge is 0.573 e. The Kier molecular flexibility index (Phi) is 5.58. The number of alkyl halides is 3. The number of aryl methyl sites for hydroxylation is 1. The van der Waals surface area contributed by atoms with E-state index in [0.717, 1.165) is 26.2 Å². The van der Waals surface area contributed by atoms with E-state index in [1.54, 1.807) is 12.1 Å². The Morgan fingerprint density at radius 1 is 0.919 bits per heavy atom. The van der Waals surface area contributed by atoms with Gasteiger partial charge in [-0.25, -0.2) is 4.79 Å². The Morgan fingerprint density at radius 2 is 1.57 bits per heavy atom. The lowest BCUT2D eigenvalue weighted by molar-refractivity contribution is -0.274. The van der Waals surface area contributed by atoms with E-state index in [0.29, 0.717) is 0 Å². The van der Waals surface area contributed by atoms with Gasteiger partial charge in [0.25, 0.3) is 17.4 Å². The van der Waals surface area contributed by atoms with Crippen LogP contribution >= 0.6 is 0 Å². The predicted octanol–water partition coefficient (Wildman–Crippen LogP) is 2.41. The molecule has 0 saturated heterocycles. The summed E-state index contributed by atoms with van der Waals surface area (Å²) in [5, 5.41) is 0. The summed E-state index contributed by atoms with van der Waals surface area (Å²) < 4.78 is 48.6. The van der Waals surface area contributed by atoms with Gasteiger partial charge < -0.3 is 14.5 Å². The van der Waals surface area contributed by atoms with Gasteiger partial charge in [0.2, 0.25) is 0 Å². The Morgan fingerprint density at radius 3 is 2.22 bits per heavy atom. The van der Waals surface area contributed by atoms with Gasteiger partial charge in [0.1, 0.15) is 11.5 Å². The minimum atomic E-state index is -4.89. The number of fused-ring (bicyclic) bond motifs is 2. The molecule has 11 nitrogen and oxygen atoms in total. The van der Waals surface area contributed by atoms with Gasteiger partial charge in [-0.05, 0) is 24.3 Å². The number of imidazole rings is 1. The van der Waals surface area contributed by atoms with Gasteiger partial charge in [-0.2, -0.15) is 4.98 Å². The van der Waals surface area contributed by atoms with Crippen molar-refractivity contribution in [1.29, 1.82) is 0 Å². The van der Waals surface area contributed by atoms with Crippen molar-refractivity contribution >= 4 is 23.0 Å². The molecule has 0 atom stereocenters. The number of hydrogen-bond acceptors (Lipinski definition) is 7. The molecular weight excluding hydrogens is 499 g/mol. The van der Waals surface area contributed by atoms with E-state index in [1.165, 1.54) is 31.3 Å². The van der Waals surface area contributed by atoms with Crippen LogP contribution < -0.4 is 20.7 Å². The third-order valence-corrected chi connectivity index (χ3v) is 5.64. The number of rotatable bonds is 6. The van der Waals surface area contributed by atoms with E-state index in [-0.39, 0.29) is 47.1 Å². The topological polar surface area (TPSA) is 129 Å². The Hall–Kier alpha value is -4.88. The van der Waals surface area contributed by atoms with Crippen molar-refractivity contribution in [2.24, 2.45) is 7.05 Å². The Balaban J connectivity index is 1.41. The average Bonchev–Trinajstić information content (AvgIpc) is 3.37. The van der Waals surface area contributed by atoms with E-state index >= 15 is 0 Å². The maximum absolute atomic E-state index is 13.1. The molecule has 1 aliphatic rings. The fourth-order valence-electron chi connectivity index (χ4n) is 3.96. The lowest BCUT2D eigenvalue weighted by atomic mass is 10.1. The van der Waals surface area contributed by atoms with E-state index in [2.05, 4.69) is 14.7 Å². The minimum Gasteiger partial charge on any atom is -0.425 e. The second-order valence-electron chi connectivity index (χ2n) is 7.97. The molecule has 0 radical (unpaired) electrons. The van der Waals surface area contributed by atoms with Crippen molar-refractivity contribution in [3.05, 3.63) is 80.5 Å². The molecule has 2 aromatic heterocycles. The zero-order valence-corrected chi connectivity index (χ0v) is 18.9. The monoisotopic (exact) mass is 515 g/mol. The summed E-state index contributed by atoms with van der Waals surface area (Å²) in [5.74, 6) is -1.65. The molecule has 0 spiro atoms. The number of H-pyrrole nitrogens is 1. The molecule has 0 fully saturated rings. The second kappa shape index (κ2) is 8.65. The summed E-state index contributed by atoms with van der Waals surface area (Å²) in [6.45, 7) is -0.505. The molecule has 37 heavy (non-hydrogen) atoms. The molecule has 3 heterocycles. The molecule has 0 unspecified atom stereocenters. The van der Waals surface area contributed by atoms with Crippen LogP contribution in [-0.4, -0.2) is 48.7 Å². The zero-order chi connectivity index (χ0) is 26.5. The Bertz CT molecular complexity index is 1650. The summed E-state index contributed by atoms with van der Waals surface area (Å²) in [7, 11) is 1.35. The van der Waals surface area contributed by atoms with Crippen LogP contribution in [0.1, 0.15) is 20.7 Å². The quantitative estimate of drug-likeness (QED) is 0.391. The first-order chi connectivity index (χ1) is 17.5. The number of nitrogens with zero attached hydrogens (tertiary/aromatic N) is 4. The van der Waals surface area contributed by atoms with Gasteiger partial charge in [-0.15, -0.1) is 13.2 Å². The third kappa shape index (κ3) is 4.32. The zero-order valence-electron chi connectivity index (χ0n) is 18.9. The number of ether oxygens (including phenoxy) is 2. The van der Waals surface area contributed by atoms with Crippen LogP contribution in [-0.2, 0) is 13.6 Å². The maximum Gasteiger partial charge on any atom is 0.573 e. The Labute approximate surface area is 204 Å². The number of nitrogens with one attached hydrogen (secondary N) is 1. The first-order valence-electron chi connectivity index (χ1n) is 10.7. The van der Waals surface area contributed by atoms with E-state index in [1.807, 2.05) is 0 Å². The van der Waals surface area contributed by atoms with Crippen molar-refractivity contribution in [2.75, 3.05) is 6.54 Å². The van der Waals surface area contributed by atoms with Gasteiger partial charge in [0.05, 0.1) is 11.1 Å². The molecule has 1 aliphatic heterocycles. The fraction of sp³-hybridized carbons (Fsp3) is 0.174. The normalized spacial score (nSPS) is 13.4. The van der Waals surface area contributed by atoms with Gasteiger partial charge in [0.15, 0.2) is 11.2 Å². The number of imide groups is 1. The van der Waals surface area contributed by atoms with Gasteiger partial charge >= 0.3 is 18.1 Å². The molecule has 190 valence electrons. The van der Waals surface area contributed by atoms with Crippen LogP contribution in [0.3, 0.4) is 0 Å². The molecule has 4 aromatic rings. The number of halogens is 3. The lowest BCUT2D eigenvalue weighted by Crippen LogP contribution is -2.43. The standard InChI is InChI=1S/C23H16F3N5O6/c1-29-17-16(27-21(28-17)36-12-5-4-6-13(11-12)37-23(24,25)26)20(34)31(22(29)35)10-9-30-18(32)14-7-2-3-8-15(14)19(30)33/h2-8,11H,9-10H2,1H3,(H,27,28). The molecule has 2 aromatic carbocycles. The molecule has 1 N–H and O–H groups in total. The highest BCUT2D eigenvalue weighted by atomic mass is 19.4. The molecule has 14 heteroatoms. The van der Waals surface area contributed by atoms with Crippen LogP contribution in [0.4, 0.5) is 13.2 Å². The summed E-state index contributed by atoms with van der Waals surface area (Å²) in [6, 6.07) is 10.7. The van der Waals surface area contributed by atoms with Crippen LogP contribution in [0.15, 0.2) is 58.1 Å². The van der Waals surface area contributed by atoms with Gasteiger partial charge in [-0.1, -0.05) is 18.2 Å². The summed E-state index contributed by atoms with van der Waals surface area (Å²) in [4.78, 5) is 58.7. The second-order valence-corrected chi connectivity index (χ2v) is 7.97. The number of aromatic amines is 1. The first kappa shape index (κ1) is 23.8. The maximum atomic E-state index is 13.1. The van der Waals surface area contributed by atoms with Crippen molar-refractivity contribution in [1.82, 2.24) is 24.0 Å². The van der Waals surface area contributed by atoms with Crippen molar-refractivity contribution in [2.45, 2.75) is 12.9 Å². The van der Waals surface area contributed by atoms with Crippen molar-refractivity contribution < 1.29 is 32.2 Å². The number of carbonyl (C=O) groups excluding carboxylic acids is 2. The number of hydrogen-bond donors (Lipinski definition) is 1. The lowest BCUT2D eigenvalue weighted by Gasteiger charge is -2.14. The fourth-order valence-corrected chi connectivity index (χ4v) is 3.96. The summed E-state index contributed by atoms with van der Waals surface area (Å²) in [6.07, 6.45) is -4.89. The van der Waals surface area contributed by atoms with E-state index in [4.69, 9.17) is 4.74 Å². The predicted molar refractivity (Wildman–Crippen MR) is 121 cm³/mol. The van der Waals surface area contributed by atoms with E-state index in [9.17, 15) is 32.3 Å².